The largest absolute Gasteiger partial charge is 0.310 e. The van der Waals surface area contributed by atoms with Crippen LogP contribution in [-0.4, -0.2) is 25.0 Å². The van der Waals surface area contributed by atoms with Crippen molar-refractivity contribution in [2.24, 2.45) is 0 Å². The molecule has 2 rings (SSSR count). The van der Waals surface area contributed by atoms with Crippen LogP contribution in [-0.2, 0) is 4.79 Å². The minimum Gasteiger partial charge on any atom is -0.310 e. The van der Waals surface area contributed by atoms with Crippen LogP contribution in [0.1, 0.15) is 19.8 Å². The maximum absolute atomic E-state index is 13.3. The fraction of sp³-hybridized carbons (Fsp3) is 0.462. The Bertz CT molecular complexity index is 453. The Morgan fingerprint density at radius 1 is 1.56 bits per heavy atom. The van der Waals surface area contributed by atoms with Crippen LogP contribution in [0.2, 0.25) is 0 Å². The fourth-order valence-corrected chi connectivity index (χ4v) is 2.58. The van der Waals surface area contributed by atoms with Gasteiger partial charge >= 0.3 is 0 Å². The number of anilines is 1. The number of nitrogens with zero attached hydrogens (tertiary/aromatic N) is 1. The van der Waals surface area contributed by atoms with Crippen molar-refractivity contribution in [2.45, 2.75) is 25.8 Å². The van der Waals surface area contributed by atoms with Crippen LogP contribution in [0.5, 0.6) is 0 Å². The van der Waals surface area contributed by atoms with Crippen molar-refractivity contribution in [3.05, 3.63) is 28.5 Å². The predicted molar refractivity (Wildman–Crippen MR) is 73.2 cm³/mol. The van der Waals surface area contributed by atoms with Gasteiger partial charge < -0.3 is 10.2 Å². The van der Waals surface area contributed by atoms with Crippen LogP contribution in [0.25, 0.3) is 0 Å². The predicted octanol–water partition coefficient (Wildman–Crippen LogP) is 2.69. The van der Waals surface area contributed by atoms with Crippen molar-refractivity contribution < 1.29 is 9.18 Å². The summed E-state index contributed by atoms with van der Waals surface area (Å²) in [6, 6.07) is 4.26. The minimum absolute atomic E-state index is 0.0229. The molecule has 1 unspecified atom stereocenters. The van der Waals surface area contributed by atoms with Crippen molar-refractivity contribution >= 4 is 27.5 Å². The fourth-order valence-electron chi connectivity index (χ4n) is 2.12. The van der Waals surface area contributed by atoms with E-state index >= 15 is 0 Å². The zero-order chi connectivity index (χ0) is 13.1. The van der Waals surface area contributed by atoms with Gasteiger partial charge in [-0.25, -0.2) is 4.39 Å². The molecule has 0 bridgehead atoms. The van der Waals surface area contributed by atoms with E-state index in [0.717, 1.165) is 23.9 Å². The highest BCUT2D eigenvalue weighted by molar-refractivity contribution is 9.10. The molecule has 1 aromatic rings. The smallest absolute Gasteiger partial charge is 0.244 e. The second-order valence-corrected chi connectivity index (χ2v) is 5.24. The number of benzene rings is 1. The lowest BCUT2D eigenvalue weighted by atomic mass is 10.2. The zero-order valence-electron chi connectivity index (χ0n) is 10.2. The van der Waals surface area contributed by atoms with E-state index in [-0.39, 0.29) is 17.8 Å². The molecule has 98 valence electrons. The monoisotopic (exact) mass is 314 g/mol. The van der Waals surface area contributed by atoms with Crippen LogP contribution in [0.3, 0.4) is 0 Å². The topological polar surface area (TPSA) is 32.3 Å². The van der Waals surface area contributed by atoms with Crippen LogP contribution in [0.15, 0.2) is 22.7 Å². The number of amides is 1. The summed E-state index contributed by atoms with van der Waals surface area (Å²) in [7, 11) is 0. The third-order valence-electron chi connectivity index (χ3n) is 3.05. The third-order valence-corrected chi connectivity index (χ3v) is 3.72. The van der Waals surface area contributed by atoms with Gasteiger partial charge in [0.15, 0.2) is 0 Å². The number of rotatable bonds is 4. The standard InChI is InChI=1S/C13H16BrFN2O/c1-2-6-16-11-5-7-17(13(11)18)12-8-9(15)3-4-10(12)14/h3-4,8,11,16H,2,5-7H2,1H3. The van der Waals surface area contributed by atoms with Gasteiger partial charge in [0, 0.05) is 11.0 Å². The Morgan fingerprint density at radius 3 is 3.06 bits per heavy atom. The van der Waals surface area contributed by atoms with Crippen molar-refractivity contribution in [3.8, 4) is 0 Å². The quantitative estimate of drug-likeness (QED) is 0.926. The van der Waals surface area contributed by atoms with Gasteiger partial charge in [-0.1, -0.05) is 6.92 Å². The molecule has 0 spiro atoms. The van der Waals surface area contributed by atoms with E-state index in [2.05, 4.69) is 28.2 Å². The van der Waals surface area contributed by atoms with Gasteiger partial charge in [-0.15, -0.1) is 0 Å². The summed E-state index contributed by atoms with van der Waals surface area (Å²) in [5.74, 6) is -0.305. The first-order valence-electron chi connectivity index (χ1n) is 6.13. The van der Waals surface area contributed by atoms with Crippen molar-refractivity contribution in [1.29, 1.82) is 0 Å². The molecule has 1 fully saturated rings. The summed E-state index contributed by atoms with van der Waals surface area (Å²) < 4.78 is 14.0. The van der Waals surface area contributed by atoms with E-state index in [0.29, 0.717) is 12.2 Å². The second-order valence-electron chi connectivity index (χ2n) is 4.38. The molecule has 0 aliphatic carbocycles. The van der Waals surface area contributed by atoms with E-state index in [4.69, 9.17) is 0 Å². The Balaban J connectivity index is 2.15. The number of halogens is 2. The van der Waals surface area contributed by atoms with Gasteiger partial charge in [-0.3, -0.25) is 4.79 Å². The molecule has 1 aliphatic heterocycles. The molecule has 3 nitrogen and oxygen atoms in total. The molecule has 1 aromatic carbocycles. The van der Waals surface area contributed by atoms with E-state index < -0.39 is 0 Å². The Kier molecular flexibility index (Phi) is 4.35. The molecule has 0 radical (unpaired) electrons. The molecule has 5 heteroatoms. The average molecular weight is 315 g/mol. The molecule has 1 amide bonds. The van der Waals surface area contributed by atoms with Crippen molar-refractivity contribution in [2.75, 3.05) is 18.0 Å². The van der Waals surface area contributed by atoms with Gasteiger partial charge in [0.1, 0.15) is 5.82 Å². The molecule has 1 heterocycles. The second kappa shape index (κ2) is 5.80. The molecule has 1 saturated heterocycles. The normalized spacial score (nSPS) is 19.6. The lowest BCUT2D eigenvalue weighted by Crippen LogP contribution is -2.38. The molecule has 1 aliphatic rings. The molecule has 0 saturated carbocycles. The number of carbonyl (C=O) groups excluding carboxylic acids is 1. The van der Waals surface area contributed by atoms with E-state index in [1.165, 1.54) is 12.1 Å². The highest BCUT2D eigenvalue weighted by atomic mass is 79.9. The molecular weight excluding hydrogens is 299 g/mol. The zero-order valence-corrected chi connectivity index (χ0v) is 11.8. The van der Waals surface area contributed by atoms with Gasteiger partial charge in [-0.2, -0.15) is 0 Å². The maximum Gasteiger partial charge on any atom is 0.244 e. The van der Waals surface area contributed by atoms with E-state index in [1.54, 1.807) is 11.0 Å². The van der Waals surface area contributed by atoms with E-state index in [9.17, 15) is 9.18 Å². The summed E-state index contributed by atoms with van der Waals surface area (Å²) in [6.07, 6.45) is 1.76. The average Bonchev–Trinajstić information content (AvgIpc) is 2.71. The van der Waals surface area contributed by atoms with Gasteiger partial charge in [0.05, 0.1) is 11.7 Å². The van der Waals surface area contributed by atoms with E-state index in [1.807, 2.05) is 0 Å². The molecule has 1 N–H and O–H groups in total. The van der Waals surface area contributed by atoms with Gasteiger partial charge in [-0.05, 0) is 53.5 Å². The highest BCUT2D eigenvalue weighted by Gasteiger charge is 2.32. The first-order valence-corrected chi connectivity index (χ1v) is 6.92. The summed E-state index contributed by atoms with van der Waals surface area (Å²) in [4.78, 5) is 13.8. The summed E-state index contributed by atoms with van der Waals surface area (Å²) in [5, 5.41) is 3.21. The number of hydrogen-bond acceptors (Lipinski definition) is 2. The Morgan fingerprint density at radius 2 is 2.33 bits per heavy atom. The Hall–Kier alpha value is -0.940. The van der Waals surface area contributed by atoms with Crippen molar-refractivity contribution in [1.82, 2.24) is 5.32 Å². The summed E-state index contributed by atoms with van der Waals surface area (Å²) >= 11 is 3.36. The molecular formula is C13H16BrFN2O. The first-order chi connectivity index (χ1) is 8.63. The maximum atomic E-state index is 13.3. The number of carbonyl (C=O) groups is 1. The highest BCUT2D eigenvalue weighted by Crippen LogP contribution is 2.30. The molecule has 0 aromatic heterocycles. The summed E-state index contributed by atoms with van der Waals surface area (Å²) in [6.45, 7) is 3.52. The summed E-state index contributed by atoms with van der Waals surface area (Å²) in [5.41, 5.74) is 0.612. The Labute approximate surface area is 114 Å². The van der Waals surface area contributed by atoms with Crippen molar-refractivity contribution in [3.63, 3.8) is 0 Å². The minimum atomic E-state index is -0.328. The van der Waals surface area contributed by atoms with Crippen LogP contribution < -0.4 is 10.2 Å². The number of nitrogens with one attached hydrogen (secondary N) is 1. The van der Waals surface area contributed by atoms with Crippen LogP contribution in [0.4, 0.5) is 10.1 Å². The lowest BCUT2D eigenvalue weighted by Gasteiger charge is -2.18. The SMILES string of the molecule is CCCNC1CCN(c2cc(F)ccc2Br)C1=O. The molecule has 18 heavy (non-hydrogen) atoms. The van der Waals surface area contributed by atoms with Crippen LogP contribution >= 0.6 is 15.9 Å². The first kappa shape index (κ1) is 13.5. The molecule has 1 atom stereocenters. The third kappa shape index (κ3) is 2.72. The van der Waals surface area contributed by atoms with Gasteiger partial charge in [0.2, 0.25) is 5.91 Å². The van der Waals surface area contributed by atoms with Crippen LogP contribution in [0, 0.1) is 5.82 Å². The lowest BCUT2D eigenvalue weighted by molar-refractivity contribution is -0.118. The van der Waals surface area contributed by atoms with Gasteiger partial charge in [0.25, 0.3) is 0 Å². The number of hydrogen-bond donors (Lipinski definition) is 1.